The van der Waals surface area contributed by atoms with E-state index in [1.54, 1.807) is 0 Å². The van der Waals surface area contributed by atoms with Crippen molar-refractivity contribution < 1.29 is 9.59 Å². The van der Waals surface area contributed by atoms with E-state index in [0.717, 1.165) is 11.3 Å². The zero-order chi connectivity index (χ0) is 14.0. The fourth-order valence-electron chi connectivity index (χ4n) is 2.13. The van der Waals surface area contributed by atoms with Crippen LogP contribution in [0.4, 0.5) is 0 Å². The first-order valence-corrected chi connectivity index (χ1v) is 7.36. The van der Waals surface area contributed by atoms with Crippen molar-refractivity contribution in [3.8, 4) is 0 Å². The van der Waals surface area contributed by atoms with Crippen LogP contribution in [0.25, 0.3) is 5.57 Å². The summed E-state index contributed by atoms with van der Waals surface area (Å²) in [5.74, 6) is 0.434. The molecule has 0 aliphatic carbocycles. The Hall–Kier alpha value is -1.55. The van der Waals surface area contributed by atoms with E-state index < -0.39 is 0 Å². The van der Waals surface area contributed by atoms with Gasteiger partial charge in [0.15, 0.2) is 0 Å². The Morgan fingerprint density at radius 1 is 1.11 bits per heavy atom. The van der Waals surface area contributed by atoms with Gasteiger partial charge in [0.1, 0.15) is 0 Å². The lowest BCUT2D eigenvalue weighted by Crippen LogP contribution is -2.37. The lowest BCUT2D eigenvalue weighted by Gasteiger charge is -2.19. The van der Waals surface area contributed by atoms with Crippen LogP contribution in [0, 0.1) is 0 Å². The third kappa shape index (κ3) is 2.45. The van der Waals surface area contributed by atoms with Gasteiger partial charge in [-0.2, -0.15) is 0 Å². The van der Waals surface area contributed by atoms with Crippen molar-refractivity contribution in [2.45, 2.75) is 26.8 Å². The third-order valence-electron chi connectivity index (χ3n) is 2.94. The summed E-state index contributed by atoms with van der Waals surface area (Å²) in [5.41, 5.74) is 1.37. The Labute approximate surface area is 117 Å². The molecule has 0 unspecified atom stereocenters. The summed E-state index contributed by atoms with van der Waals surface area (Å²) in [4.78, 5) is 26.8. The monoisotopic (exact) mass is 275 g/mol. The molecule has 0 saturated heterocycles. The van der Waals surface area contributed by atoms with E-state index in [0.29, 0.717) is 10.5 Å². The first-order chi connectivity index (χ1) is 9.07. The molecule has 0 bridgehead atoms. The van der Waals surface area contributed by atoms with E-state index in [9.17, 15) is 9.59 Å². The molecule has 0 atom stereocenters. The van der Waals surface area contributed by atoms with Crippen LogP contribution in [0.3, 0.4) is 0 Å². The van der Waals surface area contributed by atoms with Crippen LogP contribution in [-0.4, -0.2) is 28.5 Å². The van der Waals surface area contributed by atoms with Crippen LogP contribution in [0.2, 0.25) is 0 Å². The minimum absolute atomic E-state index is 0.117. The van der Waals surface area contributed by atoms with Crippen molar-refractivity contribution in [2.75, 3.05) is 5.75 Å². The fraction of sp³-hybridized carbons (Fsp3) is 0.333. The number of benzene rings is 1. The summed E-state index contributed by atoms with van der Waals surface area (Å²) in [6, 6.07) is 9.30. The summed E-state index contributed by atoms with van der Waals surface area (Å²) < 4.78 is 0. The average molecular weight is 275 g/mol. The third-order valence-corrected chi connectivity index (χ3v) is 3.90. The number of nitrogens with zero attached hydrogens (tertiary/aromatic N) is 1. The Morgan fingerprint density at radius 2 is 1.74 bits per heavy atom. The van der Waals surface area contributed by atoms with Gasteiger partial charge in [0.05, 0.1) is 10.5 Å². The second-order valence-electron chi connectivity index (χ2n) is 4.58. The molecule has 2 rings (SSSR count). The molecule has 0 aromatic heterocycles. The highest BCUT2D eigenvalue weighted by atomic mass is 32.2. The summed E-state index contributed by atoms with van der Waals surface area (Å²) in [7, 11) is 0. The van der Waals surface area contributed by atoms with Crippen LogP contribution in [-0.2, 0) is 9.59 Å². The molecule has 0 N–H and O–H groups in total. The SMILES string of the molecule is CCSC1=C(c2ccccc2)C(=O)N(C(C)C)C1=O. The fourth-order valence-corrected chi connectivity index (χ4v) is 2.99. The van der Waals surface area contributed by atoms with Gasteiger partial charge in [0, 0.05) is 6.04 Å². The smallest absolute Gasteiger partial charge is 0.268 e. The van der Waals surface area contributed by atoms with Gasteiger partial charge in [-0.3, -0.25) is 14.5 Å². The quantitative estimate of drug-likeness (QED) is 0.793. The number of amides is 2. The first-order valence-electron chi connectivity index (χ1n) is 6.38. The van der Waals surface area contributed by atoms with Gasteiger partial charge >= 0.3 is 0 Å². The first kappa shape index (κ1) is 13.9. The van der Waals surface area contributed by atoms with Gasteiger partial charge in [-0.25, -0.2) is 0 Å². The predicted molar refractivity (Wildman–Crippen MR) is 78.5 cm³/mol. The molecule has 1 aromatic rings. The van der Waals surface area contributed by atoms with Gasteiger partial charge in [0.2, 0.25) is 0 Å². The topological polar surface area (TPSA) is 37.4 Å². The maximum Gasteiger partial charge on any atom is 0.268 e. The Kier molecular flexibility index (Phi) is 4.10. The number of carbonyl (C=O) groups is 2. The average Bonchev–Trinajstić information content (AvgIpc) is 2.63. The molecule has 2 amide bonds. The number of hydrogen-bond donors (Lipinski definition) is 0. The van der Waals surface area contributed by atoms with E-state index in [2.05, 4.69) is 0 Å². The molecular weight excluding hydrogens is 258 g/mol. The van der Waals surface area contributed by atoms with Crippen LogP contribution in [0.15, 0.2) is 35.2 Å². The van der Waals surface area contributed by atoms with Crippen molar-refractivity contribution in [3.63, 3.8) is 0 Å². The molecular formula is C15H17NO2S. The minimum atomic E-state index is -0.179. The molecule has 100 valence electrons. The molecule has 3 nitrogen and oxygen atoms in total. The Morgan fingerprint density at radius 3 is 2.26 bits per heavy atom. The highest BCUT2D eigenvalue weighted by Crippen LogP contribution is 2.36. The molecule has 1 aliphatic rings. The van der Waals surface area contributed by atoms with E-state index >= 15 is 0 Å². The molecule has 19 heavy (non-hydrogen) atoms. The number of carbonyl (C=O) groups excluding carboxylic acids is 2. The van der Waals surface area contributed by atoms with Crippen LogP contribution in [0.1, 0.15) is 26.3 Å². The van der Waals surface area contributed by atoms with Crippen LogP contribution >= 0.6 is 11.8 Å². The van der Waals surface area contributed by atoms with Gasteiger partial charge < -0.3 is 0 Å². The molecule has 4 heteroatoms. The number of thioether (sulfide) groups is 1. The highest BCUT2D eigenvalue weighted by Gasteiger charge is 2.40. The zero-order valence-electron chi connectivity index (χ0n) is 11.3. The van der Waals surface area contributed by atoms with Gasteiger partial charge in [-0.1, -0.05) is 37.3 Å². The van der Waals surface area contributed by atoms with Crippen molar-refractivity contribution in [2.24, 2.45) is 0 Å². The maximum absolute atomic E-state index is 12.5. The van der Waals surface area contributed by atoms with E-state index in [4.69, 9.17) is 0 Å². The minimum Gasteiger partial charge on any atom is -0.271 e. The summed E-state index contributed by atoms with van der Waals surface area (Å²) in [6.45, 7) is 5.70. The van der Waals surface area contributed by atoms with Crippen molar-refractivity contribution in [1.82, 2.24) is 4.90 Å². The summed E-state index contributed by atoms with van der Waals surface area (Å²) in [6.07, 6.45) is 0. The molecule has 1 heterocycles. The lowest BCUT2D eigenvalue weighted by molar-refractivity contribution is -0.138. The van der Waals surface area contributed by atoms with Crippen molar-refractivity contribution in [3.05, 3.63) is 40.8 Å². The Bertz CT molecular complexity index is 534. The van der Waals surface area contributed by atoms with E-state index in [-0.39, 0.29) is 17.9 Å². The highest BCUT2D eigenvalue weighted by molar-refractivity contribution is 8.04. The van der Waals surface area contributed by atoms with Gasteiger partial charge in [0.25, 0.3) is 11.8 Å². The number of imide groups is 1. The maximum atomic E-state index is 12.5. The summed E-state index contributed by atoms with van der Waals surface area (Å²) >= 11 is 1.44. The lowest BCUT2D eigenvalue weighted by atomic mass is 10.1. The van der Waals surface area contributed by atoms with Crippen molar-refractivity contribution in [1.29, 1.82) is 0 Å². The van der Waals surface area contributed by atoms with Crippen molar-refractivity contribution >= 4 is 29.1 Å². The second-order valence-corrected chi connectivity index (χ2v) is 5.85. The molecule has 0 spiro atoms. The molecule has 0 radical (unpaired) electrons. The molecule has 1 aliphatic heterocycles. The Balaban J connectivity index is 2.52. The zero-order valence-corrected chi connectivity index (χ0v) is 12.2. The number of hydrogen-bond acceptors (Lipinski definition) is 3. The molecule has 1 aromatic carbocycles. The van der Waals surface area contributed by atoms with E-state index in [1.165, 1.54) is 16.7 Å². The van der Waals surface area contributed by atoms with Gasteiger partial charge in [-0.05, 0) is 25.2 Å². The second kappa shape index (κ2) is 5.61. The normalized spacial score (nSPS) is 15.9. The molecule has 0 saturated carbocycles. The van der Waals surface area contributed by atoms with Crippen LogP contribution in [0.5, 0.6) is 0 Å². The standard InChI is InChI=1S/C15H17NO2S/c1-4-19-13-12(11-8-6-5-7-9-11)14(17)16(10(2)3)15(13)18/h5-10H,4H2,1-3H3. The predicted octanol–water partition coefficient (Wildman–Crippen LogP) is 2.93. The molecule has 0 fully saturated rings. The van der Waals surface area contributed by atoms with E-state index in [1.807, 2.05) is 51.1 Å². The summed E-state index contributed by atoms with van der Waals surface area (Å²) in [5, 5.41) is 0. The van der Waals surface area contributed by atoms with Gasteiger partial charge in [-0.15, -0.1) is 11.8 Å². The number of rotatable bonds is 4. The van der Waals surface area contributed by atoms with Crippen LogP contribution < -0.4 is 0 Å². The largest absolute Gasteiger partial charge is 0.271 e.